The second-order valence-corrected chi connectivity index (χ2v) is 5.36. The molecule has 0 aliphatic heterocycles. The topological polar surface area (TPSA) is 45.2 Å². The van der Waals surface area contributed by atoms with Gasteiger partial charge in [0.2, 0.25) is 0 Å². The maximum Gasteiger partial charge on any atom is 0.322 e. The molecule has 2 amide bonds. The van der Waals surface area contributed by atoms with Crippen LogP contribution >= 0.6 is 0 Å². The number of rotatable bonds is 5. The van der Waals surface area contributed by atoms with E-state index in [1.165, 1.54) is 0 Å². The highest BCUT2D eigenvalue weighted by Gasteiger charge is 2.16. The largest absolute Gasteiger partial charge is 0.337 e. The summed E-state index contributed by atoms with van der Waals surface area (Å²) in [4.78, 5) is 18.3. The number of hydrogen-bond acceptors (Lipinski definition) is 2. The molecule has 0 atom stereocenters. The lowest BCUT2D eigenvalue weighted by Gasteiger charge is -2.23. The third-order valence-electron chi connectivity index (χ3n) is 3.04. The van der Waals surface area contributed by atoms with Crippen LogP contribution in [0.2, 0.25) is 0 Å². The van der Waals surface area contributed by atoms with E-state index in [1.807, 2.05) is 42.5 Å². The molecule has 2 aromatic rings. The number of para-hydroxylation sites is 1. The fourth-order valence-corrected chi connectivity index (χ4v) is 1.95. The van der Waals surface area contributed by atoms with Gasteiger partial charge in [-0.3, -0.25) is 9.88 Å². The SMILES string of the molecule is CC(C)CNC(=O)N(Cc1cccnc1)c1ccccc1. The number of pyridine rings is 1. The van der Waals surface area contributed by atoms with Crippen molar-refractivity contribution in [1.82, 2.24) is 10.3 Å². The Hall–Kier alpha value is -2.36. The van der Waals surface area contributed by atoms with Gasteiger partial charge in [-0.25, -0.2) is 4.79 Å². The highest BCUT2D eigenvalue weighted by Crippen LogP contribution is 2.16. The molecule has 0 unspecified atom stereocenters. The summed E-state index contributed by atoms with van der Waals surface area (Å²) in [5.41, 5.74) is 1.88. The molecule has 1 aromatic carbocycles. The van der Waals surface area contributed by atoms with Gasteiger partial charge in [-0.15, -0.1) is 0 Å². The lowest BCUT2D eigenvalue weighted by molar-refractivity contribution is 0.244. The van der Waals surface area contributed by atoms with Crippen LogP contribution in [0, 0.1) is 5.92 Å². The molecule has 0 aliphatic carbocycles. The predicted octanol–water partition coefficient (Wildman–Crippen LogP) is 3.45. The van der Waals surface area contributed by atoms with Gasteiger partial charge in [0.1, 0.15) is 0 Å². The first kappa shape index (κ1) is 15.0. The van der Waals surface area contributed by atoms with Crippen molar-refractivity contribution >= 4 is 11.7 Å². The molecule has 4 nitrogen and oxygen atoms in total. The highest BCUT2D eigenvalue weighted by molar-refractivity contribution is 5.91. The number of benzene rings is 1. The van der Waals surface area contributed by atoms with E-state index >= 15 is 0 Å². The van der Waals surface area contributed by atoms with Gasteiger partial charge in [-0.1, -0.05) is 38.1 Å². The summed E-state index contributed by atoms with van der Waals surface area (Å²) >= 11 is 0. The van der Waals surface area contributed by atoms with Crippen molar-refractivity contribution in [1.29, 1.82) is 0 Å². The van der Waals surface area contributed by atoms with Crippen LogP contribution in [0.5, 0.6) is 0 Å². The van der Waals surface area contributed by atoms with Crippen LogP contribution in [0.3, 0.4) is 0 Å². The quantitative estimate of drug-likeness (QED) is 0.913. The lowest BCUT2D eigenvalue weighted by Crippen LogP contribution is -2.41. The third-order valence-corrected chi connectivity index (χ3v) is 3.04. The molecule has 1 N–H and O–H groups in total. The molecule has 1 aromatic heterocycles. The second kappa shape index (κ2) is 7.43. The zero-order valence-corrected chi connectivity index (χ0v) is 12.5. The van der Waals surface area contributed by atoms with Crippen molar-refractivity contribution in [2.24, 2.45) is 5.92 Å². The van der Waals surface area contributed by atoms with Crippen molar-refractivity contribution in [3.8, 4) is 0 Å². The number of anilines is 1. The number of amides is 2. The summed E-state index contributed by atoms with van der Waals surface area (Å²) < 4.78 is 0. The molecule has 2 rings (SSSR count). The molecule has 1 heterocycles. The van der Waals surface area contributed by atoms with Crippen molar-refractivity contribution < 1.29 is 4.79 Å². The summed E-state index contributed by atoms with van der Waals surface area (Å²) in [5.74, 6) is 0.421. The standard InChI is InChI=1S/C17H21N3O/c1-14(2)11-19-17(21)20(16-8-4-3-5-9-16)13-15-7-6-10-18-12-15/h3-10,12,14H,11,13H2,1-2H3,(H,19,21). The molecule has 0 bridgehead atoms. The van der Waals surface area contributed by atoms with Gasteiger partial charge < -0.3 is 5.32 Å². The molecule has 0 fully saturated rings. The minimum atomic E-state index is -0.0845. The number of urea groups is 1. The number of carbonyl (C=O) groups excluding carboxylic acids is 1. The Kier molecular flexibility index (Phi) is 5.32. The number of aromatic nitrogens is 1. The smallest absolute Gasteiger partial charge is 0.322 e. The molecule has 4 heteroatoms. The van der Waals surface area contributed by atoms with Crippen molar-refractivity contribution in [2.75, 3.05) is 11.4 Å². The van der Waals surface area contributed by atoms with E-state index in [1.54, 1.807) is 17.3 Å². The molecule has 110 valence electrons. The van der Waals surface area contributed by atoms with Crippen molar-refractivity contribution in [3.05, 3.63) is 60.4 Å². The minimum absolute atomic E-state index is 0.0845. The van der Waals surface area contributed by atoms with Gasteiger partial charge in [-0.2, -0.15) is 0 Å². The first-order valence-electron chi connectivity index (χ1n) is 7.16. The Bertz CT molecular complexity index is 555. The number of hydrogen-bond donors (Lipinski definition) is 1. The van der Waals surface area contributed by atoms with Crippen LogP contribution in [0.1, 0.15) is 19.4 Å². The van der Waals surface area contributed by atoms with Gasteiger partial charge in [0.25, 0.3) is 0 Å². The Morgan fingerprint density at radius 1 is 1.19 bits per heavy atom. The number of carbonyl (C=O) groups is 1. The van der Waals surface area contributed by atoms with Crippen LogP contribution in [0.25, 0.3) is 0 Å². The van der Waals surface area contributed by atoms with Crippen LogP contribution < -0.4 is 10.2 Å². The molecular formula is C17H21N3O. The van der Waals surface area contributed by atoms with Crippen LogP contribution in [-0.4, -0.2) is 17.6 Å². The summed E-state index contributed by atoms with van der Waals surface area (Å²) in [6.07, 6.45) is 3.51. The monoisotopic (exact) mass is 283 g/mol. The molecule has 0 radical (unpaired) electrons. The molecule has 0 spiro atoms. The van der Waals surface area contributed by atoms with E-state index in [9.17, 15) is 4.79 Å². The van der Waals surface area contributed by atoms with Gasteiger partial charge in [0, 0.05) is 24.6 Å². The second-order valence-electron chi connectivity index (χ2n) is 5.36. The van der Waals surface area contributed by atoms with Crippen molar-refractivity contribution in [2.45, 2.75) is 20.4 Å². The third kappa shape index (κ3) is 4.60. The van der Waals surface area contributed by atoms with Crippen LogP contribution in [-0.2, 0) is 6.54 Å². The van der Waals surface area contributed by atoms with E-state index in [2.05, 4.69) is 24.1 Å². The zero-order chi connectivity index (χ0) is 15.1. The molecule has 0 aliphatic rings. The molecule has 21 heavy (non-hydrogen) atoms. The first-order chi connectivity index (χ1) is 10.2. The normalized spacial score (nSPS) is 10.4. The minimum Gasteiger partial charge on any atom is -0.337 e. The average Bonchev–Trinajstić information content (AvgIpc) is 2.52. The van der Waals surface area contributed by atoms with Crippen molar-refractivity contribution in [3.63, 3.8) is 0 Å². The highest BCUT2D eigenvalue weighted by atomic mass is 16.2. The van der Waals surface area contributed by atoms with Crippen LogP contribution in [0.15, 0.2) is 54.9 Å². The van der Waals surface area contributed by atoms with E-state index in [0.717, 1.165) is 11.3 Å². The van der Waals surface area contributed by atoms with Gasteiger partial charge >= 0.3 is 6.03 Å². The average molecular weight is 283 g/mol. The Labute approximate surface area is 125 Å². The maximum absolute atomic E-state index is 12.4. The lowest BCUT2D eigenvalue weighted by atomic mass is 10.2. The van der Waals surface area contributed by atoms with Gasteiger partial charge in [0.05, 0.1) is 6.54 Å². The number of nitrogens with one attached hydrogen (secondary N) is 1. The summed E-state index contributed by atoms with van der Waals surface area (Å²) in [5, 5.41) is 2.97. The van der Waals surface area contributed by atoms with Gasteiger partial charge in [0.15, 0.2) is 0 Å². The molecular weight excluding hydrogens is 262 g/mol. The van der Waals surface area contributed by atoms with E-state index in [4.69, 9.17) is 0 Å². The summed E-state index contributed by atoms with van der Waals surface area (Å²) in [6, 6.07) is 13.4. The Morgan fingerprint density at radius 2 is 1.95 bits per heavy atom. The number of nitrogens with zero attached hydrogens (tertiary/aromatic N) is 2. The zero-order valence-electron chi connectivity index (χ0n) is 12.5. The van der Waals surface area contributed by atoms with Gasteiger partial charge in [-0.05, 0) is 29.7 Å². The van der Waals surface area contributed by atoms with E-state index in [0.29, 0.717) is 19.0 Å². The van der Waals surface area contributed by atoms with E-state index < -0.39 is 0 Å². The summed E-state index contributed by atoms with van der Waals surface area (Å²) in [7, 11) is 0. The molecule has 0 saturated heterocycles. The summed E-state index contributed by atoms with van der Waals surface area (Å²) in [6.45, 7) is 5.32. The predicted molar refractivity (Wildman–Crippen MR) is 85.1 cm³/mol. The fourth-order valence-electron chi connectivity index (χ4n) is 1.95. The Balaban J connectivity index is 2.16. The fraction of sp³-hybridized carbons (Fsp3) is 0.294. The maximum atomic E-state index is 12.4. The molecule has 0 saturated carbocycles. The van der Waals surface area contributed by atoms with E-state index in [-0.39, 0.29) is 6.03 Å². The van der Waals surface area contributed by atoms with Crippen LogP contribution in [0.4, 0.5) is 10.5 Å². The first-order valence-corrected chi connectivity index (χ1v) is 7.16. The Morgan fingerprint density at radius 3 is 2.57 bits per heavy atom.